The van der Waals surface area contributed by atoms with Crippen LogP contribution >= 0.6 is 0 Å². The fraction of sp³-hybridized carbons (Fsp3) is 0.278. The minimum Gasteiger partial charge on any atom is -0.355 e. The van der Waals surface area contributed by atoms with Gasteiger partial charge >= 0.3 is 0 Å². The van der Waals surface area contributed by atoms with E-state index >= 15 is 0 Å². The van der Waals surface area contributed by atoms with Gasteiger partial charge in [-0.25, -0.2) is 9.67 Å². The maximum absolute atomic E-state index is 11.4. The van der Waals surface area contributed by atoms with Crippen molar-refractivity contribution in [3.8, 4) is 5.69 Å². The summed E-state index contributed by atoms with van der Waals surface area (Å²) in [4.78, 5) is 16.1. The minimum absolute atomic E-state index is 0.120. The van der Waals surface area contributed by atoms with E-state index in [-0.39, 0.29) is 11.8 Å². The molecular weight excluding hydrogens is 288 g/mol. The molecule has 1 amide bonds. The number of carbonyl (C=O) groups excluding carboxylic acids is 1. The van der Waals surface area contributed by atoms with Gasteiger partial charge in [0.25, 0.3) is 0 Å². The lowest BCUT2D eigenvalue weighted by atomic mass is 9.98. The first-order valence-electron chi connectivity index (χ1n) is 7.91. The maximum Gasteiger partial charge on any atom is 0.220 e. The topological polar surface area (TPSA) is 59.8 Å². The van der Waals surface area contributed by atoms with Crippen LogP contribution in [0.4, 0.5) is 0 Å². The Bertz CT molecular complexity index is 868. The Morgan fingerprint density at radius 3 is 2.83 bits per heavy atom. The van der Waals surface area contributed by atoms with Gasteiger partial charge in [-0.1, -0.05) is 36.4 Å². The zero-order valence-corrected chi connectivity index (χ0v) is 13.0. The van der Waals surface area contributed by atoms with Gasteiger partial charge in [0, 0.05) is 24.3 Å². The van der Waals surface area contributed by atoms with Crippen molar-refractivity contribution in [2.24, 2.45) is 0 Å². The molecule has 1 atom stereocenters. The number of rotatable bonds is 2. The van der Waals surface area contributed by atoms with E-state index < -0.39 is 0 Å². The number of piperidine rings is 1. The summed E-state index contributed by atoms with van der Waals surface area (Å²) in [6.07, 6.45) is 1.36. The third-order valence-electron chi connectivity index (χ3n) is 4.36. The smallest absolute Gasteiger partial charge is 0.220 e. The maximum atomic E-state index is 11.4. The van der Waals surface area contributed by atoms with Crippen molar-refractivity contribution in [3.63, 3.8) is 0 Å². The quantitative estimate of drug-likeness (QED) is 0.792. The number of nitrogens with zero attached hydrogens (tertiary/aromatic N) is 3. The average molecular weight is 306 g/mol. The fourth-order valence-corrected chi connectivity index (χ4v) is 3.22. The van der Waals surface area contributed by atoms with Gasteiger partial charge in [0.15, 0.2) is 0 Å². The Morgan fingerprint density at radius 2 is 2.00 bits per heavy atom. The zero-order chi connectivity index (χ0) is 15.8. The van der Waals surface area contributed by atoms with Crippen molar-refractivity contribution in [2.75, 3.05) is 6.54 Å². The third kappa shape index (κ3) is 2.48. The van der Waals surface area contributed by atoms with Gasteiger partial charge in [-0.05, 0) is 24.8 Å². The number of carbonyl (C=O) groups is 1. The second kappa shape index (κ2) is 5.50. The molecule has 1 aliphatic rings. The van der Waals surface area contributed by atoms with Crippen LogP contribution in [0.15, 0.2) is 42.5 Å². The van der Waals surface area contributed by atoms with E-state index in [9.17, 15) is 4.79 Å². The van der Waals surface area contributed by atoms with Crippen LogP contribution in [-0.2, 0) is 4.79 Å². The molecule has 1 saturated heterocycles. The van der Waals surface area contributed by atoms with Crippen molar-refractivity contribution in [1.82, 2.24) is 20.1 Å². The van der Waals surface area contributed by atoms with E-state index in [1.807, 2.05) is 29.8 Å². The largest absolute Gasteiger partial charge is 0.355 e. The number of nitrogens with one attached hydrogen (secondary N) is 1. The molecule has 23 heavy (non-hydrogen) atoms. The molecule has 1 aliphatic heterocycles. The SMILES string of the molecule is Cc1nc(C2CCC(=O)NC2)n(-c2cccc3ccccc23)n1. The van der Waals surface area contributed by atoms with Crippen LogP contribution in [0, 0.1) is 6.92 Å². The lowest BCUT2D eigenvalue weighted by Crippen LogP contribution is -2.34. The van der Waals surface area contributed by atoms with Gasteiger partial charge in [0.1, 0.15) is 11.6 Å². The molecule has 1 unspecified atom stereocenters. The number of hydrogen-bond acceptors (Lipinski definition) is 3. The van der Waals surface area contributed by atoms with Crippen LogP contribution in [0.5, 0.6) is 0 Å². The third-order valence-corrected chi connectivity index (χ3v) is 4.36. The number of aromatic nitrogens is 3. The standard InChI is InChI=1S/C18H18N4O/c1-12-20-18(14-9-10-17(23)19-11-14)22(21-12)16-8-4-6-13-5-2-3-7-15(13)16/h2-8,14H,9-11H2,1H3,(H,19,23). The molecule has 1 N–H and O–H groups in total. The molecule has 4 rings (SSSR count). The van der Waals surface area contributed by atoms with Crippen LogP contribution in [0.2, 0.25) is 0 Å². The van der Waals surface area contributed by atoms with Crippen molar-refractivity contribution >= 4 is 16.7 Å². The van der Waals surface area contributed by atoms with Crippen LogP contribution in [-0.4, -0.2) is 27.2 Å². The Labute approximate surface area is 134 Å². The molecule has 0 spiro atoms. The van der Waals surface area contributed by atoms with E-state index in [2.05, 4.69) is 39.7 Å². The number of fused-ring (bicyclic) bond motifs is 1. The average Bonchev–Trinajstić information content (AvgIpc) is 2.96. The molecular formula is C18H18N4O. The van der Waals surface area contributed by atoms with Crippen LogP contribution in [0.1, 0.15) is 30.4 Å². The second-order valence-corrected chi connectivity index (χ2v) is 5.97. The Morgan fingerprint density at radius 1 is 1.17 bits per heavy atom. The number of aryl methyl sites for hydroxylation is 1. The van der Waals surface area contributed by atoms with E-state index in [4.69, 9.17) is 0 Å². The number of amides is 1. The molecule has 2 heterocycles. The summed E-state index contributed by atoms with van der Waals surface area (Å²) < 4.78 is 1.94. The Balaban J connectivity index is 1.84. The highest BCUT2D eigenvalue weighted by Crippen LogP contribution is 2.28. The molecule has 5 heteroatoms. The Hall–Kier alpha value is -2.69. The highest BCUT2D eigenvalue weighted by atomic mass is 16.1. The summed E-state index contributed by atoms with van der Waals surface area (Å²) in [7, 11) is 0. The molecule has 1 aromatic heterocycles. The molecule has 0 radical (unpaired) electrons. The summed E-state index contributed by atoms with van der Waals surface area (Å²) >= 11 is 0. The van der Waals surface area contributed by atoms with Crippen molar-refractivity contribution in [2.45, 2.75) is 25.7 Å². The van der Waals surface area contributed by atoms with Gasteiger partial charge in [0.2, 0.25) is 5.91 Å². The highest BCUT2D eigenvalue weighted by Gasteiger charge is 2.25. The van der Waals surface area contributed by atoms with Crippen LogP contribution in [0.3, 0.4) is 0 Å². The van der Waals surface area contributed by atoms with Gasteiger partial charge in [-0.2, -0.15) is 5.10 Å². The summed E-state index contributed by atoms with van der Waals surface area (Å²) in [5.41, 5.74) is 1.04. The van der Waals surface area contributed by atoms with E-state index in [1.54, 1.807) is 0 Å². The van der Waals surface area contributed by atoms with Crippen LogP contribution < -0.4 is 5.32 Å². The Kier molecular flexibility index (Phi) is 3.33. The molecule has 5 nitrogen and oxygen atoms in total. The molecule has 116 valence electrons. The van der Waals surface area contributed by atoms with E-state index in [0.717, 1.165) is 29.1 Å². The lowest BCUT2D eigenvalue weighted by Gasteiger charge is -2.22. The molecule has 3 aromatic rings. The first kappa shape index (κ1) is 13.9. The number of benzene rings is 2. The molecule has 0 aliphatic carbocycles. The molecule has 0 bridgehead atoms. The number of hydrogen-bond donors (Lipinski definition) is 1. The van der Waals surface area contributed by atoms with Crippen molar-refractivity contribution < 1.29 is 4.79 Å². The first-order chi connectivity index (χ1) is 11.2. The first-order valence-corrected chi connectivity index (χ1v) is 7.91. The van der Waals surface area contributed by atoms with Crippen molar-refractivity contribution in [3.05, 3.63) is 54.1 Å². The van der Waals surface area contributed by atoms with Gasteiger partial charge < -0.3 is 5.32 Å². The highest BCUT2D eigenvalue weighted by molar-refractivity contribution is 5.90. The normalized spacial score (nSPS) is 18.1. The van der Waals surface area contributed by atoms with Gasteiger partial charge in [-0.3, -0.25) is 4.79 Å². The lowest BCUT2D eigenvalue weighted by molar-refractivity contribution is -0.122. The van der Waals surface area contributed by atoms with Gasteiger partial charge in [-0.15, -0.1) is 0 Å². The molecule has 0 saturated carbocycles. The molecule has 1 fully saturated rings. The predicted octanol–water partition coefficient (Wildman–Crippen LogP) is 2.72. The summed E-state index contributed by atoms with van der Waals surface area (Å²) in [6, 6.07) is 14.5. The van der Waals surface area contributed by atoms with Crippen molar-refractivity contribution in [1.29, 1.82) is 0 Å². The summed E-state index contributed by atoms with van der Waals surface area (Å²) in [5, 5.41) is 9.89. The monoisotopic (exact) mass is 306 g/mol. The fourth-order valence-electron chi connectivity index (χ4n) is 3.22. The van der Waals surface area contributed by atoms with E-state index in [0.29, 0.717) is 13.0 Å². The minimum atomic E-state index is 0.120. The summed E-state index contributed by atoms with van der Waals surface area (Å²) in [6.45, 7) is 2.54. The zero-order valence-electron chi connectivity index (χ0n) is 13.0. The predicted molar refractivity (Wildman–Crippen MR) is 88.6 cm³/mol. The van der Waals surface area contributed by atoms with E-state index in [1.165, 1.54) is 5.39 Å². The van der Waals surface area contributed by atoms with Crippen LogP contribution in [0.25, 0.3) is 16.5 Å². The molecule has 2 aromatic carbocycles. The van der Waals surface area contributed by atoms with Gasteiger partial charge in [0.05, 0.1) is 5.69 Å². The summed E-state index contributed by atoms with van der Waals surface area (Å²) in [5.74, 6) is 2.01. The second-order valence-electron chi connectivity index (χ2n) is 5.97.